The van der Waals surface area contributed by atoms with Gasteiger partial charge < -0.3 is 15.7 Å². The molecule has 0 aliphatic carbocycles. The number of amidine groups is 1. The predicted molar refractivity (Wildman–Crippen MR) is 73.4 cm³/mol. The molecule has 1 aromatic carbocycles. The van der Waals surface area contributed by atoms with Crippen molar-refractivity contribution in [1.82, 2.24) is 0 Å². The third kappa shape index (κ3) is 3.39. The van der Waals surface area contributed by atoms with Crippen LogP contribution in [0.2, 0.25) is 0 Å². The lowest BCUT2D eigenvalue weighted by Gasteiger charge is -2.18. The summed E-state index contributed by atoms with van der Waals surface area (Å²) in [7, 11) is 0. The lowest BCUT2D eigenvalue weighted by atomic mass is 9.98. The molecule has 4 heteroatoms. The zero-order chi connectivity index (χ0) is 13.7. The van der Waals surface area contributed by atoms with Crippen molar-refractivity contribution in [3.05, 3.63) is 29.3 Å². The molecule has 0 fully saturated rings. The van der Waals surface area contributed by atoms with Gasteiger partial charge in [-0.05, 0) is 42.5 Å². The Morgan fingerprint density at radius 3 is 2.56 bits per heavy atom. The Bertz CT molecular complexity index is 428. The van der Waals surface area contributed by atoms with Crippen LogP contribution in [0, 0.1) is 6.92 Å². The molecule has 4 nitrogen and oxygen atoms in total. The number of rotatable bonds is 5. The molecule has 1 rings (SSSR count). The van der Waals surface area contributed by atoms with Crippen LogP contribution in [-0.4, -0.2) is 17.1 Å². The molecule has 0 radical (unpaired) electrons. The van der Waals surface area contributed by atoms with Gasteiger partial charge in [0.1, 0.15) is 5.75 Å². The normalized spacial score (nSPS) is 13.7. The molecular weight excluding hydrogens is 228 g/mol. The highest BCUT2D eigenvalue weighted by Crippen LogP contribution is 2.24. The largest absolute Gasteiger partial charge is 0.482 e. The van der Waals surface area contributed by atoms with Crippen LogP contribution in [0.25, 0.3) is 0 Å². The van der Waals surface area contributed by atoms with Gasteiger partial charge in [0.2, 0.25) is 0 Å². The van der Waals surface area contributed by atoms with Crippen LogP contribution in [0.5, 0.6) is 5.75 Å². The van der Waals surface area contributed by atoms with Gasteiger partial charge in [-0.25, -0.2) is 0 Å². The van der Waals surface area contributed by atoms with Crippen LogP contribution in [-0.2, 0) is 0 Å². The average Bonchev–Trinajstić information content (AvgIpc) is 2.34. The van der Waals surface area contributed by atoms with Gasteiger partial charge in [-0.1, -0.05) is 32.0 Å². The van der Waals surface area contributed by atoms with Crippen molar-refractivity contribution in [3.63, 3.8) is 0 Å². The smallest absolute Gasteiger partial charge is 0.180 e. The maximum absolute atomic E-state index is 8.67. The van der Waals surface area contributed by atoms with Gasteiger partial charge in [0.15, 0.2) is 11.9 Å². The van der Waals surface area contributed by atoms with Crippen LogP contribution in [0.3, 0.4) is 0 Å². The van der Waals surface area contributed by atoms with E-state index in [9.17, 15) is 0 Å². The molecule has 0 amide bonds. The fourth-order valence-electron chi connectivity index (χ4n) is 1.95. The molecular formula is C14H22N2O2. The zero-order valence-electron chi connectivity index (χ0n) is 11.5. The molecule has 18 heavy (non-hydrogen) atoms. The lowest BCUT2D eigenvalue weighted by Crippen LogP contribution is -2.33. The minimum absolute atomic E-state index is 0.100. The number of nitrogens with two attached hydrogens (primary N) is 1. The summed E-state index contributed by atoms with van der Waals surface area (Å²) >= 11 is 0. The Balaban J connectivity index is 2.89. The number of ether oxygens (including phenoxy) is 1. The first-order valence-electron chi connectivity index (χ1n) is 6.24. The van der Waals surface area contributed by atoms with E-state index in [0.717, 1.165) is 5.75 Å². The van der Waals surface area contributed by atoms with E-state index in [4.69, 9.17) is 15.7 Å². The zero-order valence-corrected chi connectivity index (χ0v) is 11.5. The average molecular weight is 250 g/mol. The summed E-state index contributed by atoms with van der Waals surface area (Å²) in [5.41, 5.74) is 8.06. The molecule has 1 aromatic rings. The van der Waals surface area contributed by atoms with Crippen LogP contribution in [0.4, 0.5) is 0 Å². The SMILES string of the molecule is CCC(Oc1ccc(C(C)C)c(C)c1)C(N)=NO. The number of hydrogen-bond donors (Lipinski definition) is 2. The summed E-state index contributed by atoms with van der Waals surface area (Å²) in [6.07, 6.45) is 0.264. The first kappa shape index (κ1) is 14.4. The van der Waals surface area contributed by atoms with Crippen molar-refractivity contribution >= 4 is 5.84 Å². The van der Waals surface area contributed by atoms with E-state index in [2.05, 4.69) is 32.0 Å². The van der Waals surface area contributed by atoms with Crippen molar-refractivity contribution in [2.75, 3.05) is 0 Å². The molecule has 0 aromatic heterocycles. The summed E-state index contributed by atoms with van der Waals surface area (Å²) < 4.78 is 5.72. The molecule has 0 aliphatic heterocycles. The van der Waals surface area contributed by atoms with Crippen molar-refractivity contribution < 1.29 is 9.94 Å². The van der Waals surface area contributed by atoms with E-state index in [1.165, 1.54) is 11.1 Å². The molecule has 1 atom stereocenters. The van der Waals surface area contributed by atoms with E-state index >= 15 is 0 Å². The maximum Gasteiger partial charge on any atom is 0.180 e. The summed E-state index contributed by atoms with van der Waals surface area (Å²) in [5, 5.41) is 11.7. The number of aryl methyl sites for hydroxylation is 1. The predicted octanol–water partition coefficient (Wildman–Crippen LogP) is 3.02. The second kappa shape index (κ2) is 6.28. The second-order valence-electron chi connectivity index (χ2n) is 4.71. The van der Waals surface area contributed by atoms with E-state index < -0.39 is 0 Å². The van der Waals surface area contributed by atoms with Gasteiger partial charge in [0.05, 0.1) is 0 Å². The van der Waals surface area contributed by atoms with E-state index in [1.54, 1.807) is 0 Å². The highest BCUT2D eigenvalue weighted by atomic mass is 16.5. The Hall–Kier alpha value is -1.71. The highest BCUT2D eigenvalue weighted by molar-refractivity contribution is 5.84. The van der Waals surface area contributed by atoms with Crippen LogP contribution in [0.1, 0.15) is 44.2 Å². The third-order valence-electron chi connectivity index (χ3n) is 2.96. The quantitative estimate of drug-likeness (QED) is 0.365. The minimum Gasteiger partial charge on any atom is -0.482 e. The fraction of sp³-hybridized carbons (Fsp3) is 0.500. The molecule has 0 saturated heterocycles. The van der Waals surface area contributed by atoms with Crippen LogP contribution < -0.4 is 10.5 Å². The Morgan fingerprint density at radius 2 is 2.11 bits per heavy atom. The summed E-state index contributed by atoms with van der Waals surface area (Å²) in [6, 6.07) is 5.98. The molecule has 0 aliphatic rings. The summed E-state index contributed by atoms with van der Waals surface area (Å²) in [5.74, 6) is 1.34. The first-order chi connectivity index (χ1) is 8.49. The van der Waals surface area contributed by atoms with Crippen molar-refractivity contribution in [1.29, 1.82) is 0 Å². The van der Waals surface area contributed by atoms with Gasteiger partial charge in [-0.2, -0.15) is 0 Å². The number of oxime groups is 1. The monoisotopic (exact) mass is 250 g/mol. The van der Waals surface area contributed by atoms with Gasteiger partial charge >= 0.3 is 0 Å². The second-order valence-corrected chi connectivity index (χ2v) is 4.71. The Morgan fingerprint density at radius 1 is 1.44 bits per heavy atom. The van der Waals surface area contributed by atoms with E-state index in [1.807, 2.05) is 19.1 Å². The standard InChI is InChI=1S/C14H22N2O2/c1-5-13(14(15)16-17)18-11-6-7-12(9(2)3)10(4)8-11/h6-9,13,17H,5H2,1-4H3,(H2,15,16). The highest BCUT2D eigenvalue weighted by Gasteiger charge is 2.14. The lowest BCUT2D eigenvalue weighted by molar-refractivity contribution is 0.246. The molecule has 1 unspecified atom stereocenters. The van der Waals surface area contributed by atoms with Gasteiger partial charge in [0.25, 0.3) is 0 Å². The fourth-order valence-corrected chi connectivity index (χ4v) is 1.95. The first-order valence-corrected chi connectivity index (χ1v) is 6.24. The molecule has 100 valence electrons. The Kier molecular flexibility index (Phi) is 5.01. The molecule has 3 N–H and O–H groups in total. The van der Waals surface area contributed by atoms with Gasteiger partial charge in [0, 0.05) is 0 Å². The van der Waals surface area contributed by atoms with Crippen molar-refractivity contribution in [2.45, 2.75) is 46.1 Å². The summed E-state index contributed by atoms with van der Waals surface area (Å²) in [4.78, 5) is 0. The molecule has 0 saturated carbocycles. The van der Waals surface area contributed by atoms with Gasteiger partial charge in [-0.15, -0.1) is 0 Å². The van der Waals surface area contributed by atoms with E-state index in [0.29, 0.717) is 12.3 Å². The Labute approximate surface area is 108 Å². The van der Waals surface area contributed by atoms with Crippen LogP contribution >= 0.6 is 0 Å². The van der Waals surface area contributed by atoms with Gasteiger partial charge in [-0.3, -0.25) is 0 Å². The summed E-state index contributed by atoms with van der Waals surface area (Å²) in [6.45, 7) is 8.31. The third-order valence-corrected chi connectivity index (χ3v) is 2.96. The maximum atomic E-state index is 8.67. The van der Waals surface area contributed by atoms with Crippen LogP contribution in [0.15, 0.2) is 23.4 Å². The van der Waals surface area contributed by atoms with Crippen molar-refractivity contribution in [3.8, 4) is 5.75 Å². The van der Waals surface area contributed by atoms with E-state index in [-0.39, 0.29) is 11.9 Å². The number of nitrogens with zero attached hydrogens (tertiary/aromatic N) is 1. The molecule has 0 bridgehead atoms. The number of hydrogen-bond acceptors (Lipinski definition) is 3. The number of benzene rings is 1. The molecule has 0 heterocycles. The molecule has 0 spiro atoms. The van der Waals surface area contributed by atoms with Crippen molar-refractivity contribution in [2.24, 2.45) is 10.9 Å². The topological polar surface area (TPSA) is 67.8 Å². The minimum atomic E-state index is -0.390.